The first-order chi connectivity index (χ1) is 9.63. The quantitative estimate of drug-likeness (QED) is 0.644. The van der Waals surface area contributed by atoms with Gasteiger partial charge in [0.1, 0.15) is 6.61 Å². The summed E-state index contributed by atoms with van der Waals surface area (Å²) in [4.78, 5) is 15.7. The van der Waals surface area contributed by atoms with Gasteiger partial charge in [0.15, 0.2) is 0 Å². The number of hydrogen-bond donors (Lipinski definition) is 1. The van der Waals surface area contributed by atoms with Crippen molar-refractivity contribution >= 4 is 17.2 Å². The van der Waals surface area contributed by atoms with Crippen LogP contribution in [0.2, 0.25) is 0 Å². The van der Waals surface area contributed by atoms with E-state index in [1.807, 2.05) is 26.8 Å². The molecule has 0 atom stereocenters. The minimum Gasteiger partial charge on any atom is -0.384 e. The molecule has 1 rings (SSSR count). The molecule has 1 heterocycles. The van der Waals surface area contributed by atoms with Gasteiger partial charge >= 0.3 is 0 Å². The molecule has 1 aromatic rings. The Morgan fingerprint density at radius 2 is 2.25 bits per heavy atom. The Morgan fingerprint density at radius 1 is 1.50 bits per heavy atom. The molecule has 0 aromatic carbocycles. The fourth-order valence-electron chi connectivity index (χ4n) is 1.71. The van der Waals surface area contributed by atoms with E-state index in [1.54, 1.807) is 4.90 Å². The van der Waals surface area contributed by atoms with Crippen LogP contribution in [0.1, 0.15) is 34.0 Å². The van der Waals surface area contributed by atoms with Crippen LogP contribution < -0.4 is 0 Å². The minimum atomic E-state index is -0.171. The molecule has 0 aliphatic rings. The third kappa shape index (κ3) is 4.64. The van der Waals surface area contributed by atoms with Crippen LogP contribution >= 0.6 is 11.3 Å². The lowest BCUT2D eigenvalue weighted by molar-refractivity contribution is 0.0673. The monoisotopic (exact) mass is 295 g/mol. The second-order valence-corrected chi connectivity index (χ2v) is 5.22. The SMILES string of the molecule is CCOCCN(CC)C(=O)c1cc(C)c(C#CCO)s1. The molecule has 0 spiro atoms. The number of aliphatic hydroxyl groups is 1. The standard InChI is InChI=1S/C15H21NO3S/c1-4-16(8-10-19-5-2)15(18)14-11-12(3)13(20-14)7-6-9-17/h11,17H,4-5,8-10H2,1-3H3. The van der Waals surface area contributed by atoms with E-state index in [1.165, 1.54) is 11.3 Å². The van der Waals surface area contributed by atoms with Gasteiger partial charge in [0.05, 0.1) is 16.4 Å². The van der Waals surface area contributed by atoms with Gasteiger partial charge in [-0.25, -0.2) is 0 Å². The number of hydrogen-bond acceptors (Lipinski definition) is 4. The molecule has 0 aliphatic carbocycles. The third-order valence-corrected chi connectivity index (χ3v) is 3.93. The fraction of sp³-hybridized carbons (Fsp3) is 0.533. The Balaban J connectivity index is 2.79. The maximum atomic E-state index is 12.4. The average Bonchev–Trinajstić information content (AvgIpc) is 2.82. The molecule has 20 heavy (non-hydrogen) atoms. The molecule has 0 saturated carbocycles. The number of aliphatic hydroxyl groups excluding tert-OH is 1. The van der Waals surface area contributed by atoms with Crippen LogP contribution in [0.25, 0.3) is 0 Å². The van der Waals surface area contributed by atoms with E-state index in [2.05, 4.69) is 11.8 Å². The molecule has 0 bridgehead atoms. The summed E-state index contributed by atoms with van der Waals surface area (Å²) in [6, 6.07) is 1.86. The summed E-state index contributed by atoms with van der Waals surface area (Å²) >= 11 is 1.37. The van der Waals surface area contributed by atoms with Crippen LogP contribution in [0.5, 0.6) is 0 Å². The Labute approximate surface area is 124 Å². The van der Waals surface area contributed by atoms with E-state index in [-0.39, 0.29) is 12.5 Å². The highest BCUT2D eigenvalue weighted by Gasteiger charge is 2.17. The highest BCUT2D eigenvalue weighted by Crippen LogP contribution is 2.22. The lowest BCUT2D eigenvalue weighted by Gasteiger charge is -2.19. The molecular formula is C15H21NO3S. The van der Waals surface area contributed by atoms with Gasteiger partial charge in [0, 0.05) is 19.7 Å². The van der Waals surface area contributed by atoms with Crippen molar-refractivity contribution < 1.29 is 14.6 Å². The van der Waals surface area contributed by atoms with E-state index in [9.17, 15) is 4.79 Å². The van der Waals surface area contributed by atoms with Crippen molar-refractivity contribution in [2.75, 3.05) is 32.9 Å². The third-order valence-electron chi connectivity index (χ3n) is 2.79. The second kappa shape index (κ2) is 8.75. The zero-order valence-electron chi connectivity index (χ0n) is 12.2. The van der Waals surface area contributed by atoms with Crippen molar-refractivity contribution in [1.82, 2.24) is 4.90 Å². The van der Waals surface area contributed by atoms with Gasteiger partial charge in [-0.15, -0.1) is 11.3 Å². The van der Waals surface area contributed by atoms with Crippen LogP contribution in [0.4, 0.5) is 0 Å². The molecule has 0 aliphatic heterocycles. The zero-order valence-corrected chi connectivity index (χ0v) is 13.0. The zero-order chi connectivity index (χ0) is 15.0. The lowest BCUT2D eigenvalue weighted by Crippen LogP contribution is -2.33. The van der Waals surface area contributed by atoms with Crippen molar-refractivity contribution in [3.05, 3.63) is 21.4 Å². The molecule has 110 valence electrons. The Hall–Kier alpha value is -1.35. The number of rotatable bonds is 6. The van der Waals surface area contributed by atoms with Gasteiger partial charge in [-0.05, 0) is 32.4 Å². The molecule has 5 heteroatoms. The number of amides is 1. The van der Waals surface area contributed by atoms with Crippen LogP contribution in [-0.4, -0.2) is 48.8 Å². The summed E-state index contributed by atoms with van der Waals surface area (Å²) in [6.07, 6.45) is 0. The van der Waals surface area contributed by atoms with Crippen molar-refractivity contribution in [2.24, 2.45) is 0 Å². The fourth-order valence-corrected chi connectivity index (χ4v) is 2.72. The summed E-state index contributed by atoms with van der Waals surface area (Å²) in [5.41, 5.74) is 0.972. The normalized spacial score (nSPS) is 10.0. The van der Waals surface area contributed by atoms with Gasteiger partial charge in [0.2, 0.25) is 0 Å². The second-order valence-electron chi connectivity index (χ2n) is 4.16. The predicted molar refractivity (Wildman–Crippen MR) is 81.1 cm³/mol. The molecule has 0 saturated heterocycles. The molecule has 1 aromatic heterocycles. The van der Waals surface area contributed by atoms with Gasteiger partial charge < -0.3 is 14.7 Å². The summed E-state index contributed by atoms with van der Waals surface area (Å²) in [5.74, 6) is 5.50. The van der Waals surface area contributed by atoms with Crippen molar-refractivity contribution in [3.8, 4) is 11.8 Å². The molecule has 0 fully saturated rings. The maximum Gasteiger partial charge on any atom is 0.264 e. The lowest BCUT2D eigenvalue weighted by atomic mass is 10.2. The molecule has 0 radical (unpaired) electrons. The number of thiophene rings is 1. The van der Waals surface area contributed by atoms with E-state index >= 15 is 0 Å². The minimum absolute atomic E-state index is 0.0114. The Bertz CT molecular complexity index is 499. The van der Waals surface area contributed by atoms with Crippen molar-refractivity contribution in [1.29, 1.82) is 0 Å². The van der Waals surface area contributed by atoms with Crippen LogP contribution in [-0.2, 0) is 4.74 Å². The Kier molecular flexibility index (Phi) is 7.31. The van der Waals surface area contributed by atoms with Gasteiger partial charge in [0.25, 0.3) is 5.91 Å². The first-order valence-electron chi connectivity index (χ1n) is 6.71. The molecule has 0 unspecified atom stereocenters. The molecular weight excluding hydrogens is 274 g/mol. The average molecular weight is 295 g/mol. The first-order valence-corrected chi connectivity index (χ1v) is 7.52. The van der Waals surface area contributed by atoms with Crippen LogP contribution in [0.15, 0.2) is 6.07 Å². The first kappa shape index (κ1) is 16.7. The van der Waals surface area contributed by atoms with Crippen molar-refractivity contribution in [3.63, 3.8) is 0 Å². The van der Waals surface area contributed by atoms with E-state index in [4.69, 9.17) is 9.84 Å². The highest BCUT2D eigenvalue weighted by molar-refractivity contribution is 7.14. The summed E-state index contributed by atoms with van der Waals surface area (Å²) in [6.45, 7) is 8.10. The number of nitrogens with zero attached hydrogens (tertiary/aromatic N) is 1. The largest absolute Gasteiger partial charge is 0.384 e. The number of carbonyl (C=O) groups is 1. The number of carbonyl (C=O) groups excluding carboxylic acids is 1. The van der Waals surface area contributed by atoms with E-state index in [0.717, 1.165) is 10.4 Å². The smallest absolute Gasteiger partial charge is 0.264 e. The molecule has 1 N–H and O–H groups in total. The number of ether oxygens (including phenoxy) is 1. The topological polar surface area (TPSA) is 49.8 Å². The Morgan fingerprint density at radius 3 is 2.85 bits per heavy atom. The van der Waals surface area contributed by atoms with Crippen LogP contribution in [0, 0.1) is 18.8 Å². The summed E-state index contributed by atoms with van der Waals surface area (Å²) < 4.78 is 5.29. The van der Waals surface area contributed by atoms with Crippen LogP contribution in [0.3, 0.4) is 0 Å². The summed E-state index contributed by atoms with van der Waals surface area (Å²) in [5, 5.41) is 8.72. The molecule has 1 amide bonds. The highest BCUT2D eigenvalue weighted by atomic mass is 32.1. The van der Waals surface area contributed by atoms with Crippen molar-refractivity contribution in [2.45, 2.75) is 20.8 Å². The van der Waals surface area contributed by atoms with E-state index in [0.29, 0.717) is 31.2 Å². The molecule has 4 nitrogen and oxygen atoms in total. The predicted octanol–water partition coefficient (Wildman–Crippen LogP) is 1.90. The number of aryl methyl sites for hydroxylation is 1. The summed E-state index contributed by atoms with van der Waals surface area (Å²) in [7, 11) is 0. The van der Waals surface area contributed by atoms with E-state index < -0.39 is 0 Å². The van der Waals surface area contributed by atoms with Gasteiger partial charge in [-0.3, -0.25) is 4.79 Å². The number of likely N-dealkylation sites (N-methyl/N-ethyl adjacent to an activating group) is 1. The van der Waals surface area contributed by atoms with Gasteiger partial charge in [-0.2, -0.15) is 0 Å². The maximum absolute atomic E-state index is 12.4. The van der Waals surface area contributed by atoms with Gasteiger partial charge in [-0.1, -0.05) is 11.8 Å².